The highest BCUT2D eigenvalue weighted by Gasteiger charge is 2.17. The molecule has 0 fully saturated rings. The van der Waals surface area contributed by atoms with E-state index in [1.165, 1.54) is 19.2 Å². The van der Waals surface area contributed by atoms with Gasteiger partial charge in [-0.05, 0) is 12.1 Å². The number of carbonyl (C=O) groups excluding carboxylic acids is 2. The van der Waals surface area contributed by atoms with Crippen LogP contribution in [-0.4, -0.2) is 24.0 Å². The number of nitrogens with zero attached hydrogens (tertiary/aromatic N) is 1. The second kappa shape index (κ2) is 6.16. The van der Waals surface area contributed by atoms with Crippen LogP contribution in [0, 0.1) is 0 Å². The Morgan fingerprint density at radius 2 is 1.85 bits per heavy atom. The first-order valence-corrected chi connectivity index (χ1v) is 6.11. The summed E-state index contributed by atoms with van der Waals surface area (Å²) in [6.45, 7) is 0. The molecule has 5 nitrogen and oxygen atoms in total. The molecule has 0 aliphatic carbocycles. The predicted octanol–water partition coefficient (Wildman–Crippen LogP) is 3.14. The Morgan fingerprint density at radius 3 is 2.50 bits per heavy atom. The number of benzene rings is 1. The van der Waals surface area contributed by atoms with Gasteiger partial charge in [0.05, 0.1) is 12.8 Å². The summed E-state index contributed by atoms with van der Waals surface area (Å²) in [4.78, 5) is 27.6. The van der Waals surface area contributed by atoms with Gasteiger partial charge in [-0.25, -0.2) is 9.78 Å². The van der Waals surface area contributed by atoms with Crippen LogP contribution in [0.5, 0.6) is 0 Å². The minimum atomic E-state index is -0.684. The van der Waals surface area contributed by atoms with Crippen molar-refractivity contribution in [1.82, 2.24) is 4.98 Å². The van der Waals surface area contributed by atoms with E-state index < -0.39 is 6.09 Å². The third kappa shape index (κ3) is 3.13. The summed E-state index contributed by atoms with van der Waals surface area (Å²) < 4.78 is 4.50. The average molecular weight is 291 g/mol. The number of nitrogens with one attached hydrogen (secondary N) is 1. The fourth-order valence-electron chi connectivity index (χ4n) is 1.60. The number of methoxy groups -OCH3 is 1. The number of carbonyl (C=O) groups is 2. The first-order chi connectivity index (χ1) is 9.61. The zero-order valence-corrected chi connectivity index (χ0v) is 11.3. The molecule has 1 aromatic carbocycles. The number of ether oxygens (including phenoxy) is 1. The van der Waals surface area contributed by atoms with Crippen LogP contribution < -0.4 is 5.32 Å². The molecule has 1 aromatic heterocycles. The number of aromatic nitrogens is 1. The molecule has 6 heteroatoms. The van der Waals surface area contributed by atoms with Crippen LogP contribution in [0.25, 0.3) is 0 Å². The van der Waals surface area contributed by atoms with Crippen LogP contribution in [0.3, 0.4) is 0 Å². The minimum absolute atomic E-state index is 0.0640. The van der Waals surface area contributed by atoms with Gasteiger partial charge in [0, 0.05) is 5.56 Å². The van der Waals surface area contributed by atoms with Gasteiger partial charge in [-0.2, -0.15) is 0 Å². The van der Waals surface area contributed by atoms with Crippen LogP contribution in [-0.2, 0) is 4.74 Å². The smallest absolute Gasteiger partial charge is 0.411 e. The van der Waals surface area contributed by atoms with Crippen molar-refractivity contribution in [1.29, 1.82) is 0 Å². The van der Waals surface area contributed by atoms with E-state index in [1.54, 1.807) is 30.3 Å². The predicted molar refractivity (Wildman–Crippen MR) is 75.1 cm³/mol. The van der Waals surface area contributed by atoms with Gasteiger partial charge in [-0.15, -0.1) is 0 Å². The number of ketones is 1. The van der Waals surface area contributed by atoms with Gasteiger partial charge in [0.2, 0.25) is 5.78 Å². The van der Waals surface area contributed by atoms with E-state index in [4.69, 9.17) is 11.6 Å². The van der Waals surface area contributed by atoms with Crippen LogP contribution in [0.15, 0.2) is 42.5 Å². The fraction of sp³-hybridized carbons (Fsp3) is 0.0714. The van der Waals surface area contributed by atoms with E-state index in [1.807, 2.05) is 0 Å². The van der Waals surface area contributed by atoms with Gasteiger partial charge in [-0.1, -0.05) is 41.9 Å². The molecule has 1 N–H and O–H groups in total. The Kier molecular flexibility index (Phi) is 4.32. The second-order valence-electron chi connectivity index (χ2n) is 3.84. The molecule has 0 aliphatic heterocycles. The summed E-state index contributed by atoms with van der Waals surface area (Å²) in [7, 11) is 1.23. The number of hydrogen-bond acceptors (Lipinski definition) is 4. The first-order valence-electron chi connectivity index (χ1n) is 5.73. The topological polar surface area (TPSA) is 68.3 Å². The monoisotopic (exact) mass is 290 g/mol. The summed E-state index contributed by atoms with van der Waals surface area (Å²) >= 11 is 5.81. The summed E-state index contributed by atoms with van der Waals surface area (Å²) in [5.74, 6) is -0.334. The normalized spacial score (nSPS) is 9.90. The number of rotatable bonds is 3. The van der Waals surface area contributed by atoms with Crippen molar-refractivity contribution >= 4 is 29.2 Å². The van der Waals surface area contributed by atoms with Crippen molar-refractivity contribution in [2.45, 2.75) is 0 Å². The molecule has 0 spiro atoms. The Labute approximate surface area is 120 Å². The van der Waals surface area contributed by atoms with Crippen molar-refractivity contribution in [3.63, 3.8) is 0 Å². The lowest BCUT2D eigenvalue weighted by molar-refractivity contribution is 0.103. The first kappa shape index (κ1) is 14.0. The molecule has 0 saturated heterocycles. The lowest BCUT2D eigenvalue weighted by Crippen LogP contribution is -2.16. The Balaban J connectivity index is 2.41. The third-order valence-corrected chi connectivity index (χ3v) is 2.74. The maximum absolute atomic E-state index is 12.4. The number of amides is 1. The van der Waals surface area contributed by atoms with Crippen LogP contribution >= 0.6 is 11.6 Å². The molecule has 1 amide bonds. The average Bonchev–Trinajstić information content (AvgIpc) is 2.49. The van der Waals surface area contributed by atoms with E-state index in [0.29, 0.717) is 5.56 Å². The third-order valence-electron chi connectivity index (χ3n) is 2.53. The highest BCUT2D eigenvalue weighted by atomic mass is 35.5. The van der Waals surface area contributed by atoms with Crippen LogP contribution in [0.1, 0.15) is 16.1 Å². The molecule has 1 heterocycles. The summed E-state index contributed by atoms with van der Waals surface area (Å²) in [5.41, 5.74) is 0.763. The Bertz CT molecular complexity index is 644. The van der Waals surface area contributed by atoms with Crippen LogP contribution in [0.2, 0.25) is 5.15 Å². The van der Waals surface area contributed by atoms with Crippen LogP contribution in [0.4, 0.5) is 10.5 Å². The van der Waals surface area contributed by atoms with E-state index in [2.05, 4.69) is 15.0 Å². The van der Waals surface area contributed by atoms with Gasteiger partial charge in [0.1, 0.15) is 10.8 Å². The molecule has 0 saturated carbocycles. The number of halogens is 1. The van der Waals surface area contributed by atoms with E-state index >= 15 is 0 Å². The van der Waals surface area contributed by atoms with Gasteiger partial charge in [0.15, 0.2) is 0 Å². The van der Waals surface area contributed by atoms with E-state index in [9.17, 15) is 9.59 Å². The molecule has 2 rings (SSSR count). The van der Waals surface area contributed by atoms with Crippen molar-refractivity contribution in [3.8, 4) is 0 Å². The quantitative estimate of drug-likeness (QED) is 0.696. The molecular weight excluding hydrogens is 280 g/mol. The fourth-order valence-corrected chi connectivity index (χ4v) is 1.74. The highest BCUT2D eigenvalue weighted by Crippen LogP contribution is 2.20. The number of anilines is 1. The molecule has 2 aromatic rings. The van der Waals surface area contributed by atoms with Crippen molar-refractivity contribution < 1.29 is 14.3 Å². The summed E-state index contributed by atoms with van der Waals surface area (Å²) in [6, 6.07) is 11.6. The SMILES string of the molecule is COC(=O)Nc1ccc(Cl)nc1C(=O)c1ccccc1. The lowest BCUT2D eigenvalue weighted by atomic mass is 10.1. The lowest BCUT2D eigenvalue weighted by Gasteiger charge is -2.09. The standard InChI is InChI=1S/C14H11ClN2O3/c1-20-14(19)16-10-7-8-11(15)17-12(10)13(18)9-5-3-2-4-6-9/h2-8H,1H3,(H,16,19). The largest absolute Gasteiger partial charge is 0.453 e. The molecule has 0 radical (unpaired) electrons. The van der Waals surface area contributed by atoms with Gasteiger partial charge >= 0.3 is 6.09 Å². The molecule has 0 bridgehead atoms. The second-order valence-corrected chi connectivity index (χ2v) is 4.23. The molecular formula is C14H11ClN2O3. The van der Waals surface area contributed by atoms with Gasteiger partial charge < -0.3 is 4.74 Å². The number of hydrogen-bond donors (Lipinski definition) is 1. The molecule has 0 atom stereocenters. The zero-order chi connectivity index (χ0) is 14.5. The highest BCUT2D eigenvalue weighted by molar-refractivity contribution is 6.30. The molecule has 102 valence electrons. The maximum atomic E-state index is 12.4. The Hall–Kier alpha value is -2.40. The van der Waals surface area contributed by atoms with Gasteiger partial charge in [-0.3, -0.25) is 10.1 Å². The Morgan fingerprint density at radius 1 is 1.15 bits per heavy atom. The molecule has 0 unspecified atom stereocenters. The van der Waals surface area contributed by atoms with E-state index in [-0.39, 0.29) is 22.3 Å². The molecule has 20 heavy (non-hydrogen) atoms. The summed E-state index contributed by atoms with van der Waals surface area (Å²) in [6.07, 6.45) is -0.684. The molecule has 0 aliphatic rings. The van der Waals surface area contributed by atoms with Crippen molar-refractivity contribution in [3.05, 3.63) is 58.9 Å². The number of pyridine rings is 1. The van der Waals surface area contributed by atoms with Crippen molar-refractivity contribution in [2.75, 3.05) is 12.4 Å². The van der Waals surface area contributed by atoms with Gasteiger partial charge in [0.25, 0.3) is 0 Å². The minimum Gasteiger partial charge on any atom is -0.453 e. The van der Waals surface area contributed by atoms with E-state index in [0.717, 1.165) is 0 Å². The summed E-state index contributed by atoms with van der Waals surface area (Å²) in [5, 5.41) is 2.60. The zero-order valence-electron chi connectivity index (χ0n) is 10.6. The van der Waals surface area contributed by atoms with Crippen molar-refractivity contribution in [2.24, 2.45) is 0 Å². The maximum Gasteiger partial charge on any atom is 0.411 e.